The minimum atomic E-state index is 0.944. The summed E-state index contributed by atoms with van der Waals surface area (Å²) in [6, 6.07) is 0. The second-order valence-corrected chi connectivity index (χ2v) is 3.29. The van der Waals surface area contributed by atoms with Gasteiger partial charge in [-0.1, -0.05) is 0 Å². The van der Waals surface area contributed by atoms with Gasteiger partial charge in [-0.15, -0.1) is 0 Å². The molecule has 0 aromatic carbocycles. The molecular formula is C7H9+. The summed E-state index contributed by atoms with van der Waals surface area (Å²) in [7, 11) is 0. The summed E-state index contributed by atoms with van der Waals surface area (Å²) in [6.45, 7) is 0. The van der Waals surface area contributed by atoms with Crippen LogP contribution in [0.1, 0.15) is 25.7 Å². The number of fused-ring (bicyclic) bond motifs is 1. The minimum Gasteiger partial charge on any atom is -0.00748 e. The summed E-state index contributed by atoms with van der Waals surface area (Å²) >= 11 is 0. The lowest BCUT2D eigenvalue weighted by Crippen LogP contribution is -1.82. The lowest BCUT2D eigenvalue weighted by Gasteiger charge is -1.79. The van der Waals surface area contributed by atoms with Crippen LogP contribution in [0.2, 0.25) is 0 Å². The summed E-state index contributed by atoms with van der Waals surface area (Å²) in [5, 5.41) is 0. The van der Waals surface area contributed by atoms with Crippen molar-refractivity contribution in [3.05, 3.63) is 5.92 Å². The number of hydrogen-bond donors (Lipinski definition) is 0. The Balaban J connectivity index is 2.07. The maximum atomic E-state index is 1.95. The molecule has 0 radical (unpaired) electrons. The van der Waals surface area contributed by atoms with Gasteiger partial charge in [0, 0.05) is 12.8 Å². The highest BCUT2D eigenvalue weighted by atomic mass is 14.8. The highest BCUT2D eigenvalue weighted by Gasteiger charge is 2.93. The molecule has 3 aliphatic rings. The first kappa shape index (κ1) is 3.01. The molecule has 3 aliphatic carbocycles. The van der Waals surface area contributed by atoms with E-state index >= 15 is 0 Å². The van der Waals surface area contributed by atoms with Crippen LogP contribution >= 0.6 is 0 Å². The van der Waals surface area contributed by atoms with Gasteiger partial charge >= 0.3 is 0 Å². The van der Waals surface area contributed by atoms with E-state index in [-0.39, 0.29) is 0 Å². The summed E-state index contributed by atoms with van der Waals surface area (Å²) in [4.78, 5) is 0. The zero-order valence-corrected chi connectivity index (χ0v) is 4.41. The molecule has 3 fully saturated rings. The number of rotatable bonds is 0. The number of hydrogen-bond acceptors (Lipinski definition) is 0. The lowest BCUT2D eigenvalue weighted by atomic mass is 10.1. The van der Waals surface area contributed by atoms with Crippen molar-refractivity contribution in [2.24, 2.45) is 11.3 Å². The van der Waals surface area contributed by atoms with Crippen molar-refractivity contribution in [3.63, 3.8) is 0 Å². The van der Waals surface area contributed by atoms with Crippen LogP contribution in [0.5, 0.6) is 0 Å². The normalized spacial score (nSPS) is 61.7. The molecule has 0 amide bonds. The average molecular weight is 93.1 g/mol. The van der Waals surface area contributed by atoms with Crippen molar-refractivity contribution >= 4 is 0 Å². The molecule has 36 valence electrons. The zero-order chi connectivity index (χ0) is 4.48. The van der Waals surface area contributed by atoms with Gasteiger partial charge in [0.15, 0.2) is 11.3 Å². The molecule has 0 aromatic heterocycles. The van der Waals surface area contributed by atoms with Crippen LogP contribution in [0.4, 0.5) is 0 Å². The van der Waals surface area contributed by atoms with E-state index in [1.54, 1.807) is 12.8 Å². The summed E-state index contributed by atoms with van der Waals surface area (Å²) in [6.07, 6.45) is 6.17. The van der Waals surface area contributed by atoms with E-state index in [0.29, 0.717) is 0 Å². The quantitative estimate of drug-likeness (QED) is 0.400. The van der Waals surface area contributed by atoms with Crippen LogP contribution in [0, 0.1) is 17.3 Å². The lowest BCUT2D eigenvalue weighted by molar-refractivity contribution is 0.687. The van der Waals surface area contributed by atoms with E-state index in [2.05, 4.69) is 0 Å². The van der Waals surface area contributed by atoms with Gasteiger partial charge in [0.25, 0.3) is 0 Å². The van der Waals surface area contributed by atoms with E-state index in [4.69, 9.17) is 0 Å². The second-order valence-electron chi connectivity index (χ2n) is 3.29. The molecule has 0 N–H and O–H groups in total. The summed E-state index contributed by atoms with van der Waals surface area (Å²) < 4.78 is 0. The fourth-order valence-electron chi connectivity index (χ4n) is 2.46. The molecular weight excluding hydrogens is 84.1 g/mol. The third kappa shape index (κ3) is 0.154. The molecule has 0 bridgehead atoms. The Morgan fingerprint density at radius 3 is 2.86 bits per heavy atom. The van der Waals surface area contributed by atoms with Gasteiger partial charge in [-0.3, -0.25) is 0 Å². The Hall–Kier alpha value is -0.130. The molecule has 2 atom stereocenters. The first-order valence-corrected chi connectivity index (χ1v) is 3.30. The largest absolute Gasteiger partial charge is 0.158 e. The Labute approximate surface area is 43.9 Å². The fraction of sp³-hybridized carbons (Fsp3) is 0.857. The smallest absolute Gasteiger partial charge is 0.00748 e. The van der Waals surface area contributed by atoms with Gasteiger partial charge < -0.3 is 0 Å². The molecule has 0 heterocycles. The molecule has 0 nitrogen and oxygen atoms in total. The van der Waals surface area contributed by atoms with Gasteiger partial charge in [0.2, 0.25) is 0 Å². The molecule has 0 heteroatoms. The van der Waals surface area contributed by atoms with Crippen molar-refractivity contribution in [2.45, 2.75) is 25.7 Å². The van der Waals surface area contributed by atoms with Crippen molar-refractivity contribution in [1.29, 1.82) is 0 Å². The van der Waals surface area contributed by atoms with E-state index in [1.165, 1.54) is 18.8 Å². The monoisotopic (exact) mass is 93.1 g/mol. The van der Waals surface area contributed by atoms with Gasteiger partial charge in [0.1, 0.15) is 5.92 Å². The predicted octanol–water partition coefficient (Wildman–Crippen LogP) is 1.76. The van der Waals surface area contributed by atoms with Crippen molar-refractivity contribution in [2.75, 3.05) is 0 Å². The molecule has 3 saturated carbocycles. The van der Waals surface area contributed by atoms with Crippen LogP contribution in [-0.4, -0.2) is 0 Å². The SMILES string of the molecule is C1C[C+]2C3CC23C1. The molecule has 0 aromatic rings. The molecule has 2 unspecified atom stereocenters. The van der Waals surface area contributed by atoms with Gasteiger partial charge in [-0.25, -0.2) is 0 Å². The summed E-state index contributed by atoms with van der Waals surface area (Å²) in [5.74, 6) is 3.13. The topological polar surface area (TPSA) is 0 Å². The standard InChI is InChI=1S/C7H9/c1-2-5-6-4-7(5,6)3-1/h6H,1-4H2/q+1. The molecule has 3 rings (SSSR count). The predicted molar refractivity (Wildman–Crippen MR) is 27.6 cm³/mol. The van der Waals surface area contributed by atoms with Crippen LogP contribution in [0.25, 0.3) is 0 Å². The Morgan fingerprint density at radius 1 is 1.57 bits per heavy atom. The molecule has 1 spiro atoms. The van der Waals surface area contributed by atoms with Crippen molar-refractivity contribution in [3.8, 4) is 0 Å². The van der Waals surface area contributed by atoms with Crippen LogP contribution in [0.3, 0.4) is 0 Å². The third-order valence-electron chi connectivity index (χ3n) is 3.12. The Bertz CT molecular complexity index is 128. The van der Waals surface area contributed by atoms with Crippen LogP contribution < -0.4 is 0 Å². The highest BCUT2D eigenvalue weighted by molar-refractivity contribution is 5.46. The first-order valence-electron chi connectivity index (χ1n) is 3.30. The van der Waals surface area contributed by atoms with Gasteiger partial charge in [-0.05, 0) is 6.42 Å². The Kier molecular flexibility index (Phi) is 0.238. The van der Waals surface area contributed by atoms with Crippen LogP contribution in [0.15, 0.2) is 0 Å². The minimum absolute atomic E-state index is 0.944. The van der Waals surface area contributed by atoms with E-state index < -0.39 is 0 Å². The third-order valence-corrected chi connectivity index (χ3v) is 3.12. The summed E-state index contributed by atoms with van der Waals surface area (Å²) in [5.41, 5.74) is 0.944. The first-order chi connectivity index (χ1) is 3.43. The van der Waals surface area contributed by atoms with Crippen molar-refractivity contribution in [1.82, 2.24) is 0 Å². The van der Waals surface area contributed by atoms with E-state index in [0.717, 1.165) is 5.41 Å². The molecule has 7 heavy (non-hydrogen) atoms. The fourth-order valence-corrected chi connectivity index (χ4v) is 2.46. The van der Waals surface area contributed by atoms with Gasteiger partial charge in [-0.2, -0.15) is 0 Å². The zero-order valence-electron chi connectivity index (χ0n) is 4.41. The molecule has 0 saturated heterocycles. The maximum Gasteiger partial charge on any atom is 0.158 e. The molecule has 0 aliphatic heterocycles. The van der Waals surface area contributed by atoms with Gasteiger partial charge in [0.05, 0.1) is 6.42 Å². The highest BCUT2D eigenvalue weighted by Crippen LogP contribution is 2.88. The van der Waals surface area contributed by atoms with E-state index in [1.807, 2.05) is 5.92 Å². The second kappa shape index (κ2) is 0.553. The van der Waals surface area contributed by atoms with Crippen LogP contribution in [-0.2, 0) is 0 Å². The average Bonchev–Trinajstić information content (AvgIpc) is 2.41. The van der Waals surface area contributed by atoms with Crippen molar-refractivity contribution < 1.29 is 0 Å². The Morgan fingerprint density at radius 2 is 2.57 bits per heavy atom. The van der Waals surface area contributed by atoms with E-state index in [9.17, 15) is 0 Å². The maximum absolute atomic E-state index is 1.95.